The van der Waals surface area contributed by atoms with E-state index < -0.39 is 11.9 Å². The van der Waals surface area contributed by atoms with Crippen LogP contribution in [0.15, 0.2) is 0 Å². The van der Waals surface area contributed by atoms with Crippen molar-refractivity contribution < 1.29 is 14.4 Å². The van der Waals surface area contributed by atoms with Crippen LogP contribution in [-0.2, 0) is 14.4 Å². The van der Waals surface area contributed by atoms with E-state index in [0.29, 0.717) is 6.42 Å². The number of nitrogens with one attached hydrogen (secondary N) is 2. The molecule has 20 heavy (non-hydrogen) atoms. The summed E-state index contributed by atoms with van der Waals surface area (Å²) >= 11 is 1.62. The van der Waals surface area contributed by atoms with Crippen molar-refractivity contribution in [1.29, 1.82) is 0 Å². The van der Waals surface area contributed by atoms with Crippen LogP contribution in [-0.4, -0.2) is 41.3 Å². The van der Waals surface area contributed by atoms with Crippen LogP contribution in [0.25, 0.3) is 0 Å². The van der Waals surface area contributed by atoms with Crippen molar-refractivity contribution in [3.05, 3.63) is 0 Å². The number of thioether (sulfide) groups is 1. The quantitative estimate of drug-likeness (QED) is 0.617. The van der Waals surface area contributed by atoms with Crippen molar-refractivity contribution in [1.82, 2.24) is 10.6 Å². The Morgan fingerprint density at radius 2 is 2.05 bits per heavy atom. The Hall–Kier alpha value is -1.24. The van der Waals surface area contributed by atoms with Crippen LogP contribution >= 0.6 is 11.8 Å². The van der Waals surface area contributed by atoms with Gasteiger partial charge in [-0.1, -0.05) is 13.8 Å². The van der Waals surface area contributed by atoms with Crippen LogP contribution in [0.3, 0.4) is 0 Å². The second-order valence-corrected chi connectivity index (χ2v) is 6.69. The SMILES string of the molecule is CC(C)C[C@H](NC(=O)[C@@H]1CCCS1)C(=O)NCC(N)=O. The average molecular weight is 301 g/mol. The molecular weight excluding hydrogens is 278 g/mol. The summed E-state index contributed by atoms with van der Waals surface area (Å²) in [6, 6.07) is -0.608. The van der Waals surface area contributed by atoms with Gasteiger partial charge in [0.1, 0.15) is 6.04 Å². The maximum Gasteiger partial charge on any atom is 0.243 e. The molecule has 0 radical (unpaired) electrons. The predicted octanol–water partition coefficient (Wildman–Crippen LogP) is 0.0144. The molecular formula is C13H23N3O3S. The number of hydrogen-bond acceptors (Lipinski definition) is 4. The fourth-order valence-corrected chi connectivity index (χ4v) is 3.22. The summed E-state index contributed by atoms with van der Waals surface area (Å²) in [4.78, 5) is 34.8. The molecule has 0 aromatic rings. The van der Waals surface area contributed by atoms with Gasteiger partial charge >= 0.3 is 0 Å². The monoisotopic (exact) mass is 301 g/mol. The molecule has 7 heteroatoms. The summed E-state index contributed by atoms with van der Waals surface area (Å²) < 4.78 is 0. The molecule has 4 N–H and O–H groups in total. The molecule has 2 atom stereocenters. The first-order valence-corrected chi connectivity index (χ1v) is 7.93. The average Bonchev–Trinajstić information content (AvgIpc) is 2.88. The first-order valence-electron chi connectivity index (χ1n) is 6.88. The van der Waals surface area contributed by atoms with Crippen molar-refractivity contribution in [3.8, 4) is 0 Å². The standard InChI is InChI=1S/C13H23N3O3S/c1-8(2)6-9(12(18)15-7-11(14)17)16-13(19)10-4-3-5-20-10/h8-10H,3-7H2,1-2H3,(H2,14,17)(H,15,18)(H,16,19)/t9-,10-/m0/s1. The van der Waals surface area contributed by atoms with Gasteiger partial charge in [0.15, 0.2) is 0 Å². The molecule has 1 heterocycles. The van der Waals surface area contributed by atoms with Crippen LogP contribution in [0.5, 0.6) is 0 Å². The topological polar surface area (TPSA) is 101 Å². The predicted molar refractivity (Wildman–Crippen MR) is 79.1 cm³/mol. The van der Waals surface area contributed by atoms with E-state index in [4.69, 9.17) is 5.73 Å². The van der Waals surface area contributed by atoms with E-state index in [1.54, 1.807) is 11.8 Å². The lowest BCUT2D eigenvalue weighted by molar-refractivity contribution is -0.130. The van der Waals surface area contributed by atoms with Gasteiger partial charge in [-0.15, -0.1) is 11.8 Å². The molecule has 1 rings (SSSR count). The summed E-state index contributed by atoms with van der Waals surface area (Å²) in [5.41, 5.74) is 5.00. The normalized spacial score (nSPS) is 19.6. The first-order chi connectivity index (χ1) is 9.40. The van der Waals surface area contributed by atoms with Crippen molar-refractivity contribution in [2.75, 3.05) is 12.3 Å². The molecule has 1 aliphatic heterocycles. The Labute approximate surface area is 123 Å². The molecule has 6 nitrogen and oxygen atoms in total. The zero-order valence-corrected chi connectivity index (χ0v) is 12.8. The van der Waals surface area contributed by atoms with Gasteiger partial charge in [0.05, 0.1) is 11.8 Å². The highest BCUT2D eigenvalue weighted by Crippen LogP contribution is 2.26. The van der Waals surface area contributed by atoms with Gasteiger partial charge in [0.25, 0.3) is 0 Å². The van der Waals surface area contributed by atoms with Gasteiger partial charge in [0, 0.05) is 0 Å². The highest BCUT2D eigenvalue weighted by Gasteiger charge is 2.28. The van der Waals surface area contributed by atoms with Crippen LogP contribution < -0.4 is 16.4 Å². The maximum absolute atomic E-state index is 12.1. The summed E-state index contributed by atoms with van der Waals surface area (Å²) in [7, 11) is 0. The van der Waals surface area contributed by atoms with E-state index >= 15 is 0 Å². The Kier molecular flexibility index (Phi) is 6.84. The lowest BCUT2D eigenvalue weighted by Gasteiger charge is -2.21. The van der Waals surface area contributed by atoms with E-state index in [9.17, 15) is 14.4 Å². The fourth-order valence-electron chi connectivity index (χ4n) is 2.05. The molecule has 0 aromatic carbocycles. The van der Waals surface area contributed by atoms with E-state index in [-0.39, 0.29) is 29.5 Å². The minimum Gasteiger partial charge on any atom is -0.368 e. The van der Waals surface area contributed by atoms with Crippen molar-refractivity contribution in [2.24, 2.45) is 11.7 Å². The smallest absolute Gasteiger partial charge is 0.243 e. The van der Waals surface area contributed by atoms with E-state index in [1.807, 2.05) is 13.8 Å². The lowest BCUT2D eigenvalue weighted by atomic mass is 10.0. The third-order valence-corrected chi connectivity index (χ3v) is 4.38. The zero-order chi connectivity index (χ0) is 15.1. The Morgan fingerprint density at radius 3 is 2.55 bits per heavy atom. The summed E-state index contributed by atoms with van der Waals surface area (Å²) in [5, 5.41) is 5.18. The number of nitrogens with two attached hydrogens (primary N) is 1. The van der Waals surface area contributed by atoms with Crippen LogP contribution in [0, 0.1) is 5.92 Å². The molecule has 0 unspecified atom stereocenters. The minimum atomic E-state index is -0.608. The lowest BCUT2D eigenvalue weighted by Crippen LogP contribution is -2.50. The molecule has 1 fully saturated rings. The molecule has 3 amide bonds. The third-order valence-electron chi connectivity index (χ3n) is 3.00. The van der Waals surface area contributed by atoms with Gasteiger partial charge in [-0.05, 0) is 30.9 Å². The molecule has 0 aliphatic carbocycles. The van der Waals surface area contributed by atoms with Gasteiger partial charge in [-0.2, -0.15) is 0 Å². The molecule has 1 saturated heterocycles. The molecule has 0 spiro atoms. The van der Waals surface area contributed by atoms with Gasteiger partial charge in [-0.3, -0.25) is 14.4 Å². The molecule has 1 aliphatic rings. The Bertz CT molecular complexity index is 368. The van der Waals surface area contributed by atoms with Crippen molar-refractivity contribution >= 4 is 29.5 Å². The number of amides is 3. The van der Waals surface area contributed by atoms with E-state index in [0.717, 1.165) is 18.6 Å². The summed E-state index contributed by atoms with van der Waals surface area (Å²) in [6.45, 7) is 3.75. The maximum atomic E-state index is 12.1. The second kappa shape index (κ2) is 8.14. The largest absolute Gasteiger partial charge is 0.368 e. The fraction of sp³-hybridized carbons (Fsp3) is 0.769. The summed E-state index contributed by atoms with van der Waals surface area (Å²) in [5.74, 6) is 0.206. The van der Waals surface area contributed by atoms with Gasteiger partial charge < -0.3 is 16.4 Å². The minimum absolute atomic E-state index is 0.0615. The zero-order valence-electron chi connectivity index (χ0n) is 12.0. The Balaban J connectivity index is 2.55. The van der Waals surface area contributed by atoms with Crippen LogP contribution in [0.4, 0.5) is 0 Å². The number of rotatable bonds is 7. The van der Waals surface area contributed by atoms with Gasteiger partial charge in [-0.25, -0.2) is 0 Å². The van der Waals surface area contributed by atoms with Crippen LogP contribution in [0.2, 0.25) is 0 Å². The third kappa shape index (κ3) is 5.81. The van der Waals surface area contributed by atoms with Crippen LogP contribution in [0.1, 0.15) is 33.1 Å². The van der Waals surface area contributed by atoms with Gasteiger partial charge in [0.2, 0.25) is 17.7 Å². The number of hydrogen-bond donors (Lipinski definition) is 3. The number of carbonyl (C=O) groups excluding carboxylic acids is 3. The molecule has 114 valence electrons. The van der Waals surface area contributed by atoms with Crippen molar-refractivity contribution in [2.45, 2.75) is 44.4 Å². The Morgan fingerprint density at radius 1 is 1.35 bits per heavy atom. The summed E-state index contributed by atoms with van der Waals surface area (Å²) in [6.07, 6.45) is 2.42. The molecule has 0 bridgehead atoms. The van der Waals surface area contributed by atoms with Crippen molar-refractivity contribution in [3.63, 3.8) is 0 Å². The number of carbonyl (C=O) groups is 3. The van der Waals surface area contributed by atoms with E-state index in [1.165, 1.54) is 0 Å². The second-order valence-electron chi connectivity index (χ2n) is 5.38. The number of primary amides is 1. The highest BCUT2D eigenvalue weighted by atomic mass is 32.2. The highest BCUT2D eigenvalue weighted by molar-refractivity contribution is 8.00. The molecule has 0 aromatic heterocycles. The first kappa shape index (κ1) is 16.8. The van der Waals surface area contributed by atoms with E-state index in [2.05, 4.69) is 10.6 Å². The molecule has 0 saturated carbocycles.